The van der Waals surface area contributed by atoms with E-state index in [4.69, 9.17) is 0 Å². The molecule has 46 valence electrons. The monoisotopic (exact) mass is 112 g/mol. The molecule has 1 rings (SSSR count). The summed E-state index contributed by atoms with van der Waals surface area (Å²) < 4.78 is 0. The number of hydrogen-bond donors (Lipinski definition) is 2. The Morgan fingerprint density at radius 2 is 2.62 bits per heavy atom. The van der Waals surface area contributed by atoms with Crippen molar-refractivity contribution in [1.29, 1.82) is 0 Å². The van der Waals surface area contributed by atoms with Gasteiger partial charge < -0.3 is 10.6 Å². The van der Waals surface area contributed by atoms with Crippen LogP contribution in [0, 0.1) is 0 Å². The Labute approximate surface area is 50.0 Å². The summed E-state index contributed by atoms with van der Waals surface area (Å²) in [7, 11) is 1.96. The van der Waals surface area contributed by atoms with Gasteiger partial charge >= 0.3 is 0 Å². The summed E-state index contributed by atoms with van der Waals surface area (Å²) in [5, 5.41) is 6.36. The molecule has 1 fully saturated rings. The predicted octanol–water partition coefficient (Wildman–Crippen LogP) is -0.266. The lowest BCUT2D eigenvalue weighted by Gasteiger charge is -2.05. The Morgan fingerprint density at radius 1 is 1.88 bits per heavy atom. The molecular weight excluding hydrogens is 100 g/mol. The SMILES string of the molecule is C=C1CNCC1NC. The maximum atomic E-state index is 3.88. The van der Waals surface area contributed by atoms with E-state index in [1.165, 1.54) is 5.57 Å². The van der Waals surface area contributed by atoms with Crippen LogP contribution < -0.4 is 10.6 Å². The molecule has 2 heteroatoms. The molecule has 1 atom stereocenters. The largest absolute Gasteiger partial charge is 0.312 e. The zero-order valence-corrected chi connectivity index (χ0v) is 5.20. The lowest BCUT2D eigenvalue weighted by atomic mass is 10.2. The van der Waals surface area contributed by atoms with E-state index in [1.54, 1.807) is 0 Å². The van der Waals surface area contributed by atoms with E-state index in [0.717, 1.165) is 13.1 Å². The van der Waals surface area contributed by atoms with Crippen molar-refractivity contribution in [2.75, 3.05) is 20.1 Å². The second-order valence-corrected chi connectivity index (χ2v) is 2.13. The van der Waals surface area contributed by atoms with E-state index in [9.17, 15) is 0 Å². The maximum absolute atomic E-state index is 3.88. The summed E-state index contributed by atoms with van der Waals surface area (Å²) in [6.45, 7) is 5.90. The molecule has 1 unspecified atom stereocenters. The minimum absolute atomic E-state index is 0.509. The van der Waals surface area contributed by atoms with Gasteiger partial charge in [0, 0.05) is 19.1 Å². The van der Waals surface area contributed by atoms with Gasteiger partial charge in [0.15, 0.2) is 0 Å². The lowest BCUT2D eigenvalue weighted by molar-refractivity contribution is 0.668. The van der Waals surface area contributed by atoms with Gasteiger partial charge in [0.2, 0.25) is 0 Å². The van der Waals surface area contributed by atoms with Gasteiger partial charge in [0.05, 0.1) is 0 Å². The zero-order chi connectivity index (χ0) is 5.98. The van der Waals surface area contributed by atoms with Gasteiger partial charge in [-0.05, 0) is 12.6 Å². The minimum Gasteiger partial charge on any atom is -0.312 e. The van der Waals surface area contributed by atoms with Gasteiger partial charge in [-0.25, -0.2) is 0 Å². The highest BCUT2D eigenvalue weighted by molar-refractivity contribution is 5.12. The van der Waals surface area contributed by atoms with Crippen LogP contribution in [-0.4, -0.2) is 26.2 Å². The third kappa shape index (κ3) is 0.904. The highest BCUT2D eigenvalue weighted by Crippen LogP contribution is 2.01. The minimum atomic E-state index is 0.509. The van der Waals surface area contributed by atoms with E-state index < -0.39 is 0 Å². The summed E-state index contributed by atoms with van der Waals surface area (Å²) in [6, 6.07) is 0.509. The summed E-state index contributed by atoms with van der Waals surface area (Å²) in [5.41, 5.74) is 1.27. The predicted molar refractivity (Wildman–Crippen MR) is 34.9 cm³/mol. The third-order valence-corrected chi connectivity index (χ3v) is 1.54. The summed E-state index contributed by atoms with van der Waals surface area (Å²) in [4.78, 5) is 0. The van der Waals surface area contributed by atoms with Crippen molar-refractivity contribution in [1.82, 2.24) is 10.6 Å². The fourth-order valence-corrected chi connectivity index (χ4v) is 0.951. The molecule has 0 saturated carbocycles. The molecule has 0 aromatic heterocycles. The summed E-state index contributed by atoms with van der Waals surface area (Å²) in [6.07, 6.45) is 0. The zero-order valence-electron chi connectivity index (χ0n) is 5.20. The van der Waals surface area contributed by atoms with Crippen molar-refractivity contribution < 1.29 is 0 Å². The average molecular weight is 112 g/mol. The van der Waals surface area contributed by atoms with Crippen LogP contribution in [0.1, 0.15) is 0 Å². The van der Waals surface area contributed by atoms with Crippen molar-refractivity contribution in [3.8, 4) is 0 Å². The molecule has 0 aliphatic carbocycles. The Balaban J connectivity index is 2.42. The number of nitrogens with one attached hydrogen (secondary N) is 2. The Kier molecular flexibility index (Phi) is 1.65. The molecule has 2 N–H and O–H groups in total. The second kappa shape index (κ2) is 2.29. The smallest absolute Gasteiger partial charge is 0.0413 e. The molecule has 2 nitrogen and oxygen atoms in total. The normalized spacial score (nSPS) is 29.1. The van der Waals surface area contributed by atoms with Crippen LogP contribution in [0.2, 0.25) is 0 Å². The van der Waals surface area contributed by atoms with E-state index in [1.807, 2.05) is 7.05 Å². The van der Waals surface area contributed by atoms with Crippen LogP contribution in [0.4, 0.5) is 0 Å². The van der Waals surface area contributed by atoms with Gasteiger partial charge in [-0.1, -0.05) is 6.58 Å². The first kappa shape index (κ1) is 5.79. The van der Waals surface area contributed by atoms with Crippen LogP contribution >= 0.6 is 0 Å². The maximum Gasteiger partial charge on any atom is 0.0413 e. The van der Waals surface area contributed by atoms with Crippen molar-refractivity contribution in [3.05, 3.63) is 12.2 Å². The van der Waals surface area contributed by atoms with Crippen molar-refractivity contribution >= 4 is 0 Å². The van der Waals surface area contributed by atoms with Crippen LogP contribution in [-0.2, 0) is 0 Å². The molecule has 1 saturated heterocycles. The molecule has 8 heavy (non-hydrogen) atoms. The Hall–Kier alpha value is -0.340. The van der Waals surface area contributed by atoms with Gasteiger partial charge in [-0.2, -0.15) is 0 Å². The number of hydrogen-bond acceptors (Lipinski definition) is 2. The molecule has 1 heterocycles. The molecular formula is C6H12N2. The first-order valence-corrected chi connectivity index (χ1v) is 2.90. The lowest BCUT2D eigenvalue weighted by Crippen LogP contribution is -2.27. The van der Waals surface area contributed by atoms with Crippen molar-refractivity contribution in [3.63, 3.8) is 0 Å². The first-order valence-electron chi connectivity index (χ1n) is 2.90. The molecule has 0 spiro atoms. The molecule has 1 aliphatic heterocycles. The van der Waals surface area contributed by atoms with Crippen LogP contribution in [0.25, 0.3) is 0 Å². The van der Waals surface area contributed by atoms with Crippen LogP contribution in [0.3, 0.4) is 0 Å². The fraction of sp³-hybridized carbons (Fsp3) is 0.667. The Morgan fingerprint density at radius 3 is 2.88 bits per heavy atom. The van der Waals surface area contributed by atoms with Gasteiger partial charge in [0.1, 0.15) is 0 Å². The summed E-state index contributed by atoms with van der Waals surface area (Å²) >= 11 is 0. The van der Waals surface area contributed by atoms with Gasteiger partial charge in [-0.3, -0.25) is 0 Å². The van der Waals surface area contributed by atoms with Crippen molar-refractivity contribution in [2.24, 2.45) is 0 Å². The highest BCUT2D eigenvalue weighted by atomic mass is 15.0. The van der Waals surface area contributed by atoms with Crippen LogP contribution in [0.15, 0.2) is 12.2 Å². The van der Waals surface area contributed by atoms with Crippen LogP contribution in [0.5, 0.6) is 0 Å². The number of likely N-dealkylation sites (N-methyl/N-ethyl adjacent to an activating group) is 1. The van der Waals surface area contributed by atoms with E-state index in [0.29, 0.717) is 6.04 Å². The molecule has 0 radical (unpaired) electrons. The molecule has 0 amide bonds. The van der Waals surface area contributed by atoms with E-state index in [2.05, 4.69) is 17.2 Å². The molecule has 0 aromatic carbocycles. The average Bonchev–Trinajstić information content (AvgIpc) is 2.14. The standard InChI is InChI=1S/C6H12N2/c1-5-3-8-4-6(5)7-2/h6-8H,1,3-4H2,2H3. The highest BCUT2D eigenvalue weighted by Gasteiger charge is 2.14. The summed E-state index contributed by atoms with van der Waals surface area (Å²) in [5.74, 6) is 0. The number of rotatable bonds is 1. The molecule has 1 aliphatic rings. The van der Waals surface area contributed by atoms with E-state index >= 15 is 0 Å². The topological polar surface area (TPSA) is 24.1 Å². The van der Waals surface area contributed by atoms with Gasteiger partial charge in [0.25, 0.3) is 0 Å². The van der Waals surface area contributed by atoms with E-state index in [-0.39, 0.29) is 0 Å². The van der Waals surface area contributed by atoms with Crippen molar-refractivity contribution in [2.45, 2.75) is 6.04 Å². The van der Waals surface area contributed by atoms with Gasteiger partial charge in [-0.15, -0.1) is 0 Å². The second-order valence-electron chi connectivity index (χ2n) is 2.13. The molecule has 0 aromatic rings. The quantitative estimate of drug-likeness (QED) is 0.456. The molecule has 0 bridgehead atoms. The Bertz CT molecular complexity index is 98.7. The first-order chi connectivity index (χ1) is 3.84. The third-order valence-electron chi connectivity index (χ3n) is 1.54. The fourth-order valence-electron chi connectivity index (χ4n) is 0.951.